The molecule has 1 aromatic carbocycles. The summed E-state index contributed by atoms with van der Waals surface area (Å²) in [6, 6.07) is 11.2. The highest BCUT2D eigenvalue weighted by Gasteiger charge is 2.37. The van der Waals surface area contributed by atoms with Gasteiger partial charge in [-0.25, -0.2) is 0 Å². The number of benzene rings is 1. The van der Waals surface area contributed by atoms with Crippen LogP contribution in [0.2, 0.25) is 0 Å². The van der Waals surface area contributed by atoms with Crippen molar-refractivity contribution in [3.05, 3.63) is 56.2 Å². The zero-order chi connectivity index (χ0) is 16.4. The average molecular weight is 394 g/mol. The summed E-state index contributed by atoms with van der Waals surface area (Å²) in [5.41, 5.74) is 1.58. The van der Waals surface area contributed by atoms with Gasteiger partial charge in [0.15, 0.2) is 0 Å². The molecule has 2 aromatic rings. The molecule has 1 unspecified atom stereocenters. The number of esters is 1. The average Bonchev–Trinajstić information content (AvgIpc) is 3.05. The maximum atomic E-state index is 12.7. The standard InChI is InChI=1S/C17H16BrNO3S/c1-2-22-16(20)9-14-12-5-3-4-6-13(12)17(21)19(14)10-11-7-8-15(18)23-11/h3-8,14H,2,9-10H2,1H3. The van der Waals surface area contributed by atoms with Gasteiger partial charge < -0.3 is 9.64 Å². The molecule has 1 amide bonds. The zero-order valence-electron chi connectivity index (χ0n) is 12.6. The number of carbonyl (C=O) groups excluding carboxylic acids is 2. The van der Waals surface area contributed by atoms with Gasteiger partial charge in [0, 0.05) is 10.4 Å². The van der Waals surface area contributed by atoms with Crippen LogP contribution in [-0.2, 0) is 16.1 Å². The van der Waals surface area contributed by atoms with Crippen molar-refractivity contribution in [1.29, 1.82) is 0 Å². The summed E-state index contributed by atoms with van der Waals surface area (Å²) in [6.07, 6.45) is 0.184. The minimum Gasteiger partial charge on any atom is -0.466 e. The van der Waals surface area contributed by atoms with Gasteiger partial charge >= 0.3 is 5.97 Å². The lowest BCUT2D eigenvalue weighted by Gasteiger charge is -2.24. The zero-order valence-corrected chi connectivity index (χ0v) is 15.0. The summed E-state index contributed by atoms with van der Waals surface area (Å²) in [5.74, 6) is -0.307. The van der Waals surface area contributed by atoms with Crippen molar-refractivity contribution in [3.8, 4) is 0 Å². The summed E-state index contributed by atoms with van der Waals surface area (Å²) in [4.78, 5) is 27.5. The van der Waals surface area contributed by atoms with E-state index in [1.54, 1.807) is 23.2 Å². The molecule has 23 heavy (non-hydrogen) atoms. The minimum atomic E-state index is -0.278. The van der Waals surface area contributed by atoms with E-state index in [0.29, 0.717) is 18.7 Å². The highest BCUT2D eigenvalue weighted by atomic mass is 79.9. The van der Waals surface area contributed by atoms with Crippen molar-refractivity contribution < 1.29 is 14.3 Å². The van der Waals surface area contributed by atoms with Crippen LogP contribution in [0.15, 0.2) is 40.2 Å². The smallest absolute Gasteiger partial charge is 0.308 e. The molecule has 1 aromatic heterocycles. The Morgan fingerprint density at radius 1 is 1.30 bits per heavy atom. The molecule has 0 bridgehead atoms. The Morgan fingerprint density at radius 2 is 2.09 bits per heavy atom. The first-order chi connectivity index (χ1) is 11.1. The molecule has 0 aliphatic carbocycles. The maximum Gasteiger partial charge on any atom is 0.308 e. The largest absolute Gasteiger partial charge is 0.466 e. The predicted octanol–water partition coefficient (Wildman–Crippen LogP) is 4.16. The van der Waals surface area contributed by atoms with Crippen molar-refractivity contribution in [3.63, 3.8) is 0 Å². The molecule has 0 N–H and O–H groups in total. The van der Waals surface area contributed by atoms with Gasteiger partial charge in [-0.3, -0.25) is 9.59 Å². The van der Waals surface area contributed by atoms with Gasteiger partial charge in [0.2, 0.25) is 0 Å². The van der Waals surface area contributed by atoms with E-state index < -0.39 is 0 Å². The number of ether oxygens (including phenoxy) is 1. The van der Waals surface area contributed by atoms with E-state index in [-0.39, 0.29) is 24.3 Å². The Kier molecular flexibility index (Phi) is 4.82. The Bertz CT molecular complexity index is 743. The first-order valence-electron chi connectivity index (χ1n) is 7.40. The fraction of sp³-hybridized carbons (Fsp3) is 0.294. The van der Waals surface area contributed by atoms with E-state index in [9.17, 15) is 9.59 Å². The van der Waals surface area contributed by atoms with Crippen LogP contribution in [0.1, 0.15) is 40.2 Å². The van der Waals surface area contributed by atoms with Gasteiger partial charge in [-0.2, -0.15) is 0 Å². The van der Waals surface area contributed by atoms with Gasteiger partial charge in [-0.1, -0.05) is 18.2 Å². The lowest BCUT2D eigenvalue weighted by Crippen LogP contribution is -2.29. The van der Waals surface area contributed by atoms with E-state index in [0.717, 1.165) is 14.2 Å². The second kappa shape index (κ2) is 6.84. The van der Waals surface area contributed by atoms with Gasteiger partial charge in [0.05, 0.1) is 29.4 Å². The fourth-order valence-corrected chi connectivity index (χ4v) is 4.31. The van der Waals surface area contributed by atoms with Crippen LogP contribution < -0.4 is 0 Å². The van der Waals surface area contributed by atoms with Crippen molar-refractivity contribution >= 4 is 39.1 Å². The minimum absolute atomic E-state index is 0.0283. The summed E-state index contributed by atoms with van der Waals surface area (Å²) < 4.78 is 6.10. The Labute approximate surface area is 147 Å². The highest BCUT2D eigenvalue weighted by Crippen LogP contribution is 2.38. The number of nitrogens with zero attached hydrogens (tertiary/aromatic N) is 1. The Morgan fingerprint density at radius 3 is 2.78 bits per heavy atom. The number of rotatable bonds is 5. The molecule has 120 valence electrons. The molecule has 2 heterocycles. The molecule has 0 radical (unpaired) electrons. The third kappa shape index (κ3) is 3.33. The van der Waals surface area contributed by atoms with E-state index in [4.69, 9.17) is 4.74 Å². The normalized spacial score (nSPS) is 16.5. The second-order valence-electron chi connectivity index (χ2n) is 5.25. The number of carbonyl (C=O) groups is 2. The van der Waals surface area contributed by atoms with Crippen LogP contribution in [0, 0.1) is 0 Å². The van der Waals surface area contributed by atoms with Crippen LogP contribution in [0.3, 0.4) is 0 Å². The molecule has 4 nitrogen and oxygen atoms in total. The van der Waals surface area contributed by atoms with Gasteiger partial charge in [-0.15, -0.1) is 11.3 Å². The molecule has 0 saturated carbocycles. The maximum absolute atomic E-state index is 12.7. The third-order valence-corrected chi connectivity index (χ3v) is 5.42. The molecule has 0 spiro atoms. The number of halogens is 1. The SMILES string of the molecule is CCOC(=O)CC1c2ccccc2C(=O)N1Cc1ccc(Br)s1. The first kappa shape index (κ1) is 16.2. The fourth-order valence-electron chi connectivity index (χ4n) is 2.83. The molecular formula is C17H16BrNO3S. The highest BCUT2D eigenvalue weighted by molar-refractivity contribution is 9.11. The van der Waals surface area contributed by atoms with Gasteiger partial charge in [0.25, 0.3) is 5.91 Å². The first-order valence-corrected chi connectivity index (χ1v) is 9.00. The van der Waals surface area contributed by atoms with E-state index in [1.165, 1.54) is 0 Å². The topological polar surface area (TPSA) is 46.6 Å². The molecular weight excluding hydrogens is 378 g/mol. The molecule has 6 heteroatoms. The lowest BCUT2D eigenvalue weighted by atomic mass is 10.0. The summed E-state index contributed by atoms with van der Waals surface area (Å²) in [6.45, 7) is 2.62. The molecule has 0 saturated heterocycles. The molecule has 3 rings (SSSR count). The summed E-state index contributed by atoms with van der Waals surface area (Å²) in [5, 5.41) is 0. The monoisotopic (exact) mass is 393 g/mol. The van der Waals surface area contributed by atoms with E-state index in [1.807, 2.05) is 36.4 Å². The van der Waals surface area contributed by atoms with E-state index >= 15 is 0 Å². The quantitative estimate of drug-likeness (QED) is 0.716. The van der Waals surface area contributed by atoms with Crippen molar-refractivity contribution in [2.24, 2.45) is 0 Å². The molecule has 1 atom stereocenters. The van der Waals surface area contributed by atoms with Gasteiger partial charge in [-0.05, 0) is 46.6 Å². The van der Waals surface area contributed by atoms with Crippen molar-refractivity contribution in [2.45, 2.75) is 25.9 Å². The van der Waals surface area contributed by atoms with Crippen LogP contribution >= 0.6 is 27.3 Å². The van der Waals surface area contributed by atoms with Crippen LogP contribution in [-0.4, -0.2) is 23.4 Å². The van der Waals surface area contributed by atoms with Crippen LogP contribution in [0.5, 0.6) is 0 Å². The molecule has 1 aliphatic rings. The molecule has 0 fully saturated rings. The second-order valence-corrected chi connectivity index (χ2v) is 7.80. The van der Waals surface area contributed by atoms with Crippen LogP contribution in [0.25, 0.3) is 0 Å². The number of hydrogen-bond donors (Lipinski definition) is 0. The summed E-state index contributed by atoms with van der Waals surface area (Å²) in [7, 11) is 0. The van der Waals surface area contributed by atoms with E-state index in [2.05, 4.69) is 15.9 Å². The number of amides is 1. The van der Waals surface area contributed by atoms with Crippen LogP contribution in [0.4, 0.5) is 0 Å². The molecule has 1 aliphatic heterocycles. The third-order valence-electron chi connectivity index (χ3n) is 3.81. The number of thiophene rings is 1. The van der Waals surface area contributed by atoms with Crippen molar-refractivity contribution in [2.75, 3.05) is 6.61 Å². The number of fused-ring (bicyclic) bond motifs is 1. The summed E-state index contributed by atoms with van der Waals surface area (Å²) >= 11 is 5.03. The lowest BCUT2D eigenvalue weighted by molar-refractivity contribution is -0.144. The Balaban J connectivity index is 1.89. The number of hydrogen-bond acceptors (Lipinski definition) is 4. The van der Waals surface area contributed by atoms with Gasteiger partial charge in [0.1, 0.15) is 0 Å². The van der Waals surface area contributed by atoms with Crippen molar-refractivity contribution in [1.82, 2.24) is 4.90 Å². The predicted molar refractivity (Wildman–Crippen MR) is 92.3 cm³/mol. The Hall–Kier alpha value is -1.66.